The van der Waals surface area contributed by atoms with Gasteiger partial charge in [-0.05, 0) is 25.0 Å². The Labute approximate surface area is 110 Å². The Balaban J connectivity index is 2.24. The zero-order valence-electron chi connectivity index (χ0n) is 10.2. The number of para-hydroxylation sites is 1. The fourth-order valence-corrected chi connectivity index (χ4v) is 3.87. The lowest BCUT2D eigenvalue weighted by Crippen LogP contribution is -2.35. The summed E-state index contributed by atoms with van der Waals surface area (Å²) in [6.07, 6.45) is 1.24. The minimum atomic E-state index is -3.06. The molecule has 3 N–H and O–H groups in total. The van der Waals surface area contributed by atoms with Crippen LogP contribution >= 0.6 is 0 Å². The van der Waals surface area contributed by atoms with Gasteiger partial charge in [-0.3, -0.25) is 10.1 Å². The Morgan fingerprint density at radius 1 is 1.42 bits per heavy atom. The van der Waals surface area contributed by atoms with Crippen LogP contribution in [0.4, 0.5) is 17.1 Å². The standard InChI is InChI=1S/C11H15N3O4S/c12-9-4-1-5-10(11(9)14(15)16)13-8-3-2-6-19(17,18)7-8/h1,4-5,8,13H,2-3,6-7,12H2. The molecule has 19 heavy (non-hydrogen) atoms. The van der Waals surface area contributed by atoms with Crippen LogP contribution in [-0.2, 0) is 9.84 Å². The van der Waals surface area contributed by atoms with Crippen LogP contribution in [0, 0.1) is 10.1 Å². The summed E-state index contributed by atoms with van der Waals surface area (Å²) in [6, 6.07) is 4.28. The van der Waals surface area contributed by atoms with Gasteiger partial charge in [0.2, 0.25) is 0 Å². The number of nitrogens with zero attached hydrogens (tertiary/aromatic N) is 1. The molecular weight excluding hydrogens is 270 g/mol. The topological polar surface area (TPSA) is 115 Å². The second-order valence-electron chi connectivity index (χ2n) is 4.60. The summed E-state index contributed by atoms with van der Waals surface area (Å²) in [6.45, 7) is 0. The Bertz CT molecular complexity index is 600. The summed E-state index contributed by atoms with van der Waals surface area (Å²) in [4.78, 5) is 10.4. The van der Waals surface area contributed by atoms with E-state index >= 15 is 0 Å². The normalized spacial score (nSPS) is 21.8. The third-order valence-corrected chi connectivity index (χ3v) is 4.89. The molecule has 0 amide bonds. The molecule has 0 radical (unpaired) electrons. The van der Waals surface area contributed by atoms with Gasteiger partial charge < -0.3 is 11.1 Å². The second-order valence-corrected chi connectivity index (χ2v) is 6.83. The van der Waals surface area contributed by atoms with Gasteiger partial charge in [0.05, 0.1) is 16.4 Å². The quantitative estimate of drug-likeness (QED) is 0.489. The highest BCUT2D eigenvalue weighted by molar-refractivity contribution is 7.91. The van der Waals surface area contributed by atoms with Gasteiger partial charge in [-0.1, -0.05) is 6.07 Å². The number of nitro benzene ring substituents is 1. The van der Waals surface area contributed by atoms with Gasteiger partial charge in [0.25, 0.3) is 0 Å². The van der Waals surface area contributed by atoms with E-state index in [0.717, 1.165) is 0 Å². The Morgan fingerprint density at radius 3 is 2.79 bits per heavy atom. The minimum Gasteiger partial charge on any atom is -0.393 e. The fourth-order valence-electron chi connectivity index (χ4n) is 2.24. The van der Waals surface area contributed by atoms with Gasteiger partial charge in [0.1, 0.15) is 11.4 Å². The first-order valence-corrected chi connectivity index (χ1v) is 7.71. The number of benzene rings is 1. The number of nitro groups is 1. The van der Waals surface area contributed by atoms with Gasteiger partial charge >= 0.3 is 5.69 Å². The van der Waals surface area contributed by atoms with Crippen LogP contribution < -0.4 is 11.1 Å². The maximum atomic E-state index is 11.5. The van der Waals surface area contributed by atoms with Crippen molar-refractivity contribution in [2.75, 3.05) is 22.6 Å². The first kappa shape index (κ1) is 13.6. The van der Waals surface area contributed by atoms with Crippen molar-refractivity contribution in [3.8, 4) is 0 Å². The van der Waals surface area contributed by atoms with E-state index in [1.807, 2.05) is 0 Å². The molecule has 1 unspecified atom stereocenters. The van der Waals surface area contributed by atoms with Crippen molar-refractivity contribution in [2.45, 2.75) is 18.9 Å². The largest absolute Gasteiger partial charge is 0.393 e. The molecule has 1 heterocycles. The van der Waals surface area contributed by atoms with Gasteiger partial charge in [0.15, 0.2) is 9.84 Å². The molecule has 2 rings (SSSR count). The smallest absolute Gasteiger partial charge is 0.314 e. The van der Waals surface area contributed by atoms with Crippen molar-refractivity contribution < 1.29 is 13.3 Å². The zero-order chi connectivity index (χ0) is 14.0. The third-order valence-electron chi connectivity index (χ3n) is 3.07. The molecule has 0 aliphatic carbocycles. The lowest BCUT2D eigenvalue weighted by atomic mass is 10.1. The van der Waals surface area contributed by atoms with Gasteiger partial charge in [-0.25, -0.2) is 8.42 Å². The van der Waals surface area contributed by atoms with E-state index in [1.165, 1.54) is 12.1 Å². The molecule has 0 saturated carbocycles. The summed E-state index contributed by atoms with van der Waals surface area (Å²) >= 11 is 0. The van der Waals surface area contributed by atoms with Crippen LogP contribution in [0.2, 0.25) is 0 Å². The van der Waals surface area contributed by atoms with E-state index in [4.69, 9.17) is 5.73 Å². The molecule has 1 fully saturated rings. The van der Waals surface area contributed by atoms with E-state index in [2.05, 4.69) is 5.32 Å². The molecule has 1 aliphatic rings. The summed E-state index contributed by atoms with van der Waals surface area (Å²) in [7, 11) is -3.06. The van der Waals surface area contributed by atoms with Crippen LogP contribution in [-0.4, -0.2) is 30.9 Å². The molecule has 1 atom stereocenters. The summed E-state index contributed by atoms with van der Waals surface area (Å²) in [5.41, 5.74) is 5.71. The van der Waals surface area contributed by atoms with Crippen LogP contribution in [0.1, 0.15) is 12.8 Å². The molecule has 0 spiro atoms. The van der Waals surface area contributed by atoms with Crippen molar-refractivity contribution in [3.05, 3.63) is 28.3 Å². The fraction of sp³-hybridized carbons (Fsp3) is 0.455. The van der Waals surface area contributed by atoms with Crippen molar-refractivity contribution in [2.24, 2.45) is 0 Å². The van der Waals surface area contributed by atoms with Crippen LogP contribution in [0.15, 0.2) is 18.2 Å². The Morgan fingerprint density at radius 2 is 2.16 bits per heavy atom. The molecule has 104 valence electrons. The Kier molecular flexibility index (Phi) is 3.61. The van der Waals surface area contributed by atoms with Crippen molar-refractivity contribution >= 4 is 26.9 Å². The maximum absolute atomic E-state index is 11.5. The average molecular weight is 285 g/mol. The zero-order valence-corrected chi connectivity index (χ0v) is 11.0. The van der Waals surface area contributed by atoms with E-state index in [0.29, 0.717) is 12.8 Å². The first-order valence-electron chi connectivity index (χ1n) is 5.89. The average Bonchev–Trinajstić information content (AvgIpc) is 2.26. The SMILES string of the molecule is Nc1cccc(NC2CCCS(=O)(=O)C2)c1[N+](=O)[O-]. The van der Waals surface area contributed by atoms with Crippen LogP contribution in [0.3, 0.4) is 0 Å². The minimum absolute atomic E-state index is 0.00104. The van der Waals surface area contributed by atoms with E-state index in [-0.39, 0.29) is 34.6 Å². The number of nitrogen functional groups attached to an aromatic ring is 1. The Hall–Kier alpha value is -1.83. The molecule has 8 heteroatoms. The van der Waals surface area contributed by atoms with E-state index in [9.17, 15) is 18.5 Å². The molecule has 1 aromatic rings. The number of rotatable bonds is 3. The molecule has 0 bridgehead atoms. The number of hydrogen-bond donors (Lipinski definition) is 2. The van der Waals surface area contributed by atoms with Gasteiger partial charge in [0, 0.05) is 6.04 Å². The predicted molar refractivity (Wildman–Crippen MR) is 72.8 cm³/mol. The molecule has 1 saturated heterocycles. The first-order chi connectivity index (χ1) is 8.89. The summed E-state index contributed by atoms with van der Waals surface area (Å²) in [5.74, 6) is 0.184. The van der Waals surface area contributed by atoms with Crippen molar-refractivity contribution in [3.63, 3.8) is 0 Å². The molecule has 7 nitrogen and oxygen atoms in total. The molecule has 0 aromatic heterocycles. The van der Waals surface area contributed by atoms with Crippen LogP contribution in [0.5, 0.6) is 0 Å². The highest BCUT2D eigenvalue weighted by Gasteiger charge is 2.27. The number of hydrogen-bond acceptors (Lipinski definition) is 6. The molecule has 1 aromatic carbocycles. The second kappa shape index (κ2) is 5.04. The summed E-state index contributed by atoms with van der Waals surface area (Å²) in [5, 5.41) is 13.9. The maximum Gasteiger partial charge on any atom is 0.314 e. The van der Waals surface area contributed by atoms with E-state index < -0.39 is 14.8 Å². The summed E-state index contributed by atoms with van der Waals surface area (Å²) < 4.78 is 23.1. The molecular formula is C11H15N3O4S. The number of nitrogens with two attached hydrogens (primary N) is 1. The third kappa shape index (κ3) is 3.14. The molecule has 1 aliphatic heterocycles. The lowest BCUT2D eigenvalue weighted by Gasteiger charge is -2.23. The highest BCUT2D eigenvalue weighted by Crippen LogP contribution is 2.31. The number of nitrogens with one attached hydrogen (secondary N) is 1. The van der Waals surface area contributed by atoms with Gasteiger partial charge in [-0.2, -0.15) is 0 Å². The highest BCUT2D eigenvalue weighted by atomic mass is 32.2. The predicted octanol–water partition coefficient (Wildman–Crippen LogP) is 1.17. The van der Waals surface area contributed by atoms with Crippen LogP contribution in [0.25, 0.3) is 0 Å². The van der Waals surface area contributed by atoms with E-state index in [1.54, 1.807) is 6.07 Å². The van der Waals surface area contributed by atoms with Gasteiger partial charge in [-0.15, -0.1) is 0 Å². The monoisotopic (exact) mass is 285 g/mol. The van der Waals surface area contributed by atoms with Crippen molar-refractivity contribution in [1.29, 1.82) is 0 Å². The van der Waals surface area contributed by atoms with Crippen molar-refractivity contribution in [1.82, 2.24) is 0 Å². The number of anilines is 2. The number of sulfone groups is 1. The lowest BCUT2D eigenvalue weighted by molar-refractivity contribution is -0.383.